The highest BCUT2D eigenvalue weighted by Crippen LogP contribution is 2.51. The molecule has 2 saturated heterocycles. The maximum absolute atomic E-state index is 15.3. The van der Waals surface area contributed by atoms with Crippen LogP contribution in [0.4, 0.5) is 15.8 Å². The van der Waals surface area contributed by atoms with Crippen molar-refractivity contribution in [3.63, 3.8) is 0 Å². The molecule has 7 heteroatoms. The minimum Gasteiger partial charge on any atom is -0.492 e. The summed E-state index contributed by atoms with van der Waals surface area (Å²) < 4.78 is 21.1. The third-order valence-corrected chi connectivity index (χ3v) is 6.56. The Balaban J connectivity index is 1.61. The van der Waals surface area contributed by atoms with Gasteiger partial charge in [0.1, 0.15) is 18.1 Å². The molecule has 28 heavy (non-hydrogen) atoms. The fraction of sp³-hybridized carbons (Fsp3) is 0.571. The summed E-state index contributed by atoms with van der Waals surface area (Å²) in [5, 5.41) is 14.2. The number of aliphatic hydroxyl groups excluding tert-OH is 1. The second-order valence-electron chi connectivity index (χ2n) is 8.33. The van der Waals surface area contributed by atoms with Gasteiger partial charge in [-0.2, -0.15) is 0 Å². The first-order valence-electron chi connectivity index (χ1n) is 10.1. The summed E-state index contributed by atoms with van der Waals surface area (Å²) in [6.45, 7) is 2.56. The number of carbonyl (C=O) groups is 1. The molecule has 4 aliphatic rings. The summed E-state index contributed by atoms with van der Waals surface area (Å²) in [5.41, 5.74) is 1.83. The topological polar surface area (TPSA) is 65.0 Å². The first-order chi connectivity index (χ1) is 13.6. The number of hydrogen-bond acceptors (Lipinski definition) is 6. The second-order valence-corrected chi connectivity index (χ2v) is 8.33. The van der Waals surface area contributed by atoms with E-state index in [1.807, 2.05) is 4.90 Å². The van der Waals surface area contributed by atoms with E-state index < -0.39 is 11.9 Å². The Bertz CT molecular complexity index is 825. The molecule has 0 bridgehead atoms. The molecule has 0 spiro atoms. The van der Waals surface area contributed by atoms with Gasteiger partial charge in [-0.1, -0.05) is 0 Å². The van der Waals surface area contributed by atoms with Gasteiger partial charge in [-0.3, -0.25) is 4.79 Å². The molecule has 1 aromatic carbocycles. The van der Waals surface area contributed by atoms with Gasteiger partial charge in [0.2, 0.25) is 0 Å². The van der Waals surface area contributed by atoms with Crippen molar-refractivity contribution in [3.8, 4) is 5.75 Å². The fourth-order valence-corrected chi connectivity index (χ4v) is 5.03. The van der Waals surface area contributed by atoms with E-state index >= 15 is 4.39 Å². The Kier molecular flexibility index (Phi) is 4.32. The Morgan fingerprint density at radius 3 is 2.79 bits per heavy atom. The van der Waals surface area contributed by atoms with E-state index in [4.69, 9.17) is 4.74 Å². The first kappa shape index (κ1) is 17.9. The van der Waals surface area contributed by atoms with Crippen molar-refractivity contribution in [2.75, 3.05) is 36.5 Å². The number of anilines is 2. The zero-order chi connectivity index (χ0) is 19.4. The van der Waals surface area contributed by atoms with E-state index in [0.717, 1.165) is 45.3 Å². The van der Waals surface area contributed by atoms with Crippen molar-refractivity contribution >= 4 is 17.7 Å². The molecule has 150 valence electrons. The van der Waals surface area contributed by atoms with Crippen LogP contribution in [0.15, 0.2) is 17.8 Å². The van der Waals surface area contributed by atoms with Gasteiger partial charge >= 0.3 is 0 Å². The van der Waals surface area contributed by atoms with Gasteiger partial charge < -0.3 is 25.0 Å². The van der Waals surface area contributed by atoms with E-state index in [9.17, 15) is 9.90 Å². The van der Waals surface area contributed by atoms with Crippen LogP contribution in [0.5, 0.6) is 5.75 Å². The number of benzene rings is 1. The lowest BCUT2D eigenvalue weighted by Crippen LogP contribution is -2.40. The van der Waals surface area contributed by atoms with Crippen molar-refractivity contribution in [3.05, 3.63) is 29.2 Å². The number of nitrogens with zero attached hydrogens (tertiary/aromatic N) is 2. The minimum atomic E-state index is -1.14. The number of hydrogen-bond donors (Lipinski definition) is 2. The minimum absolute atomic E-state index is 0.255. The van der Waals surface area contributed by atoms with Gasteiger partial charge in [-0.25, -0.2) is 4.39 Å². The highest BCUT2D eigenvalue weighted by molar-refractivity contribution is 5.86. The Morgan fingerprint density at radius 2 is 2.11 bits per heavy atom. The van der Waals surface area contributed by atoms with E-state index in [-0.39, 0.29) is 11.6 Å². The maximum Gasteiger partial charge on any atom is 0.169 e. The molecule has 0 radical (unpaired) electrons. The number of nitrogens with one attached hydrogen (secondary N) is 1. The summed E-state index contributed by atoms with van der Waals surface area (Å²) in [5.74, 6) is 0.567. The van der Waals surface area contributed by atoms with Crippen molar-refractivity contribution in [1.82, 2.24) is 5.32 Å². The predicted octanol–water partition coefficient (Wildman–Crippen LogP) is 2.12. The third-order valence-electron chi connectivity index (χ3n) is 6.56. The van der Waals surface area contributed by atoms with Gasteiger partial charge in [0.15, 0.2) is 11.6 Å². The average molecular weight is 387 g/mol. The van der Waals surface area contributed by atoms with E-state index in [0.29, 0.717) is 40.9 Å². The molecular formula is C21H26FN3O3. The quantitative estimate of drug-likeness (QED) is 0.772. The number of aliphatic hydroxyl groups is 1. The number of ether oxygens (including phenoxy) is 1. The lowest BCUT2D eigenvalue weighted by atomic mass is 9.94. The molecule has 3 heterocycles. The highest BCUT2D eigenvalue weighted by atomic mass is 19.1. The SMILES string of the molecule is COc1c(N2C[C@@H]3CCCN[C@@H]3C2)c(F)cc2c1N(C1CC1)C=C(C=O)C2O. The molecule has 2 N–H and O–H groups in total. The summed E-state index contributed by atoms with van der Waals surface area (Å²) in [4.78, 5) is 15.5. The number of rotatable bonds is 4. The molecule has 6 nitrogen and oxygen atoms in total. The number of aldehydes is 1. The van der Waals surface area contributed by atoms with Gasteiger partial charge in [-0.15, -0.1) is 0 Å². The molecular weight excluding hydrogens is 361 g/mol. The molecule has 3 aliphatic heterocycles. The Labute approximate surface area is 163 Å². The molecule has 5 rings (SSSR count). The number of halogens is 1. The van der Waals surface area contributed by atoms with Gasteiger partial charge in [-0.05, 0) is 44.2 Å². The van der Waals surface area contributed by atoms with Crippen LogP contribution < -0.4 is 19.9 Å². The van der Waals surface area contributed by atoms with E-state index in [1.165, 1.54) is 6.07 Å². The van der Waals surface area contributed by atoms with Crippen LogP contribution in [0.25, 0.3) is 0 Å². The largest absolute Gasteiger partial charge is 0.492 e. The van der Waals surface area contributed by atoms with Crippen molar-refractivity contribution in [1.29, 1.82) is 0 Å². The predicted molar refractivity (Wildman–Crippen MR) is 104 cm³/mol. The number of fused-ring (bicyclic) bond motifs is 2. The molecule has 1 unspecified atom stereocenters. The molecule has 1 saturated carbocycles. The summed E-state index contributed by atoms with van der Waals surface area (Å²) in [6, 6.07) is 2.02. The first-order valence-corrected chi connectivity index (χ1v) is 10.1. The summed E-state index contributed by atoms with van der Waals surface area (Å²) >= 11 is 0. The molecule has 3 atom stereocenters. The van der Waals surface area contributed by atoms with Gasteiger partial charge in [0.05, 0.1) is 12.8 Å². The van der Waals surface area contributed by atoms with Crippen molar-refractivity contribution in [2.24, 2.45) is 5.92 Å². The van der Waals surface area contributed by atoms with Crippen LogP contribution in [0, 0.1) is 11.7 Å². The van der Waals surface area contributed by atoms with Crippen molar-refractivity contribution in [2.45, 2.75) is 43.9 Å². The number of methoxy groups -OCH3 is 1. The zero-order valence-electron chi connectivity index (χ0n) is 16.0. The number of piperidine rings is 1. The summed E-state index contributed by atoms with van der Waals surface area (Å²) in [6.07, 6.45) is 5.53. The Morgan fingerprint density at radius 1 is 1.29 bits per heavy atom. The van der Waals surface area contributed by atoms with Crippen LogP contribution in [-0.4, -0.2) is 50.2 Å². The normalized spacial score (nSPS) is 29.2. The fourth-order valence-electron chi connectivity index (χ4n) is 5.03. The molecule has 0 aromatic heterocycles. The lowest BCUT2D eigenvalue weighted by Gasteiger charge is -2.35. The number of carbonyl (C=O) groups excluding carboxylic acids is 1. The van der Waals surface area contributed by atoms with Crippen LogP contribution in [0.1, 0.15) is 37.4 Å². The smallest absolute Gasteiger partial charge is 0.169 e. The highest BCUT2D eigenvalue weighted by Gasteiger charge is 2.41. The van der Waals surface area contributed by atoms with Gasteiger partial charge in [0, 0.05) is 42.5 Å². The van der Waals surface area contributed by atoms with Gasteiger partial charge in [0.25, 0.3) is 0 Å². The second kappa shape index (κ2) is 6.74. The van der Waals surface area contributed by atoms with E-state index in [1.54, 1.807) is 13.3 Å². The standard InChI is InChI=1S/C21H26FN3O3/c1-28-21-18-15(20(27)13(11-26)9-25(18)14-4-5-14)7-16(22)19(21)24-8-12-3-2-6-23-17(12)10-24/h7,9,11-12,14,17,20,23,27H,2-6,8,10H2,1H3/t12-,17+,20?/m0/s1. The maximum atomic E-state index is 15.3. The molecule has 0 amide bonds. The average Bonchev–Trinajstić information content (AvgIpc) is 3.46. The van der Waals surface area contributed by atoms with Crippen LogP contribution in [0.3, 0.4) is 0 Å². The van der Waals surface area contributed by atoms with Crippen LogP contribution in [0.2, 0.25) is 0 Å². The van der Waals surface area contributed by atoms with Crippen LogP contribution >= 0.6 is 0 Å². The molecule has 3 fully saturated rings. The molecule has 1 aromatic rings. The monoisotopic (exact) mass is 387 g/mol. The Hall–Kier alpha value is -2.12. The lowest BCUT2D eigenvalue weighted by molar-refractivity contribution is -0.105. The zero-order valence-corrected chi connectivity index (χ0v) is 16.0. The van der Waals surface area contributed by atoms with E-state index in [2.05, 4.69) is 10.2 Å². The summed E-state index contributed by atoms with van der Waals surface area (Å²) in [7, 11) is 1.55. The molecule has 1 aliphatic carbocycles. The van der Waals surface area contributed by atoms with Crippen LogP contribution in [-0.2, 0) is 4.79 Å². The van der Waals surface area contributed by atoms with Crippen molar-refractivity contribution < 1.29 is 19.0 Å². The third kappa shape index (κ3) is 2.71.